The van der Waals surface area contributed by atoms with E-state index in [2.05, 4.69) is 0 Å². The quantitative estimate of drug-likeness (QED) is 0.248. The van der Waals surface area contributed by atoms with Gasteiger partial charge in [0.1, 0.15) is 0 Å². The largest absolute Gasteiger partial charge is 0.478 e. The van der Waals surface area contributed by atoms with Crippen molar-refractivity contribution in [1.29, 1.82) is 0 Å². The number of carboxylic acid groups (broad SMARTS) is 4. The lowest BCUT2D eigenvalue weighted by Crippen LogP contribution is -2.41. The highest BCUT2D eigenvalue weighted by Gasteiger charge is 2.45. The molecule has 10 nitrogen and oxygen atoms in total. The molecule has 0 fully saturated rings. The van der Waals surface area contributed by atoms with Gasteiger partial charge in [-0.15, -0.1) is 0 Å². The molecule has 0 aliphatic heterocycles. The van der Waals surface area contributed by atoms with E-state index in [9.17, 15) is 29.4 Å². The van der Waals surface area contributed by atoms with Gasteiger partial charge in [-0.1, -0.05) is 24.3 Å². The Bertz CT molecular complexity index is 626. The molecule has 0 aromatic carbocycles. The van der Waals surface area contributed by atoms with E-state index in [-0.39, 0.29) is 6.42 Å². The number of aliphatic carboxylic acids is 4. The predicted molar refractivity (Wildman–Crippen MR) is 90.8 cm³/mol. The lowest BCUT2D eigenvalue weighted by molar-refractivity contribution is -0.132. The third-order valence-corrected chi connectivity index (χ3v) is 3.75. The van der Waals surface area contributed by atoms with Gasteiger partial charge in [0.25, 0.3) is 0 Å². The maximum Gasteiger partial charge on any atom is 0.328 e. The van der Waals surface area contributed by atoms with Crippen LogP contribution in [-0.2, 0) is 19.2 Å². The highest BCUT2D eigenvalue weighted by Crippen LogP contribution is 2.47. The van der Waals surface area contributed by atoms with Crippen LogP contribution in [0.2, 0.25) is 0 Å². The number of aliphatic hydroxyl groups excluding tert-OH is 2. The zero-order chi connectivity index (χ0) is 21.1. The summed E-state index contributed by atoms with van der Waals surface area (Å²) in [5, 5.41) is 55.0. The minimum absolute atomic E-state index is 0.342. The Morgan fingerprint density at radius 3 is 1.22 bits per heavy atom. The van der Waals surface area contributed by atoms with E-state index in [0.717, 1.165) is 24.3 Å². The Hall–Kier alpha value is -3.24. The standard InChI is InChI=1S/C17H20O10/c18-10-9-17(11-19,8-4-15(26)27)16(5-1-12(20)21,6-2-13(22)23)7-3-14(24)25/h1-8,18-19H,9-11H2,(H,20,21)(H,22,23)(H,24,25)(H,26,27). The molecule has 0 saturated carbocycles. The number of hydrogen-bond donors (Lipinski definition) is 6. The minimum atomic E-state index is -1.90. The molecule has 0 aliphatic rings. The van der Waals surface area contributed by atoms with Gasteiger partial charge >= 0.3 is 23.9 Å². The summed E-state index contributed by atoms with van der Waals surface area (Å²) >= 11 is 0. The third-order valence-electron chi connectivity index (χ3n) is 3.75. The van der Waals surface area contributed by atoms with Crippen LogP contribution in [0, 0.1) is 10.8 Å². The Labute approximate surface area is 153 Å². The second kappa shape index (κ2) is 10.7. The van der Waals surface area contributed by atoms with Crippen LogP contribution in [0.25, 0.3) is 0 Å². The highest BCUT2D eigenvalue weighted by molar-refractivity contribution is 5.83. The van der Waals surface area contributed by atoms with Gasteiger partial charge in [0.05, 0.1) is 6.61 Å². The van der Waals surface area contributed by atoms with Crippen molar-refractivity contribution in [3.8, 4) is 0 Å². The Morgan fingerprint density at radius 2 is 0.963 bits per heavy atom. The summed E-state index contributed by atoms with van der Waals surface area (Å²) in [4.78, 5) is 43.8. The van der Waals surface area contributed by atoms with Crippen LogP contribution in [0.3, 0.4) is 0 Å². The number of allylic oxidation sites excluding steroid dienone is 3. The average molecular weight is 384 g/mol. The van der Waals surface area contributed by atoms with Crippen LogP contribution in [0.15, 0.2) is 48.6 Å². The van der Waals surface area contributed by atoms with Crippen molar-refractivity contribution in [1.82, 2.24) is 0 Å². The fourth-order valence-corrected chi connectivity index (χ4v) is 2.44. The zero-order valence-corrected chi connectivity index (χ0v) is 14.1. The summed E-state index contributed by atoms with van der Waals surface area (Å²) < 4.78 is 0. The lowest BCUT2D eigenvalue weighted by Gasteiger charge is -2.43. The van der Waals surface area contributed by atoms with E-state index in [0.29, 0.717) is 24.3 Å². The van der Waals surface area contributed by atoms with Crippen LogP contribution >= 0.6 is 0 Å². The van der Waals surface area contributed by atoms with Crippen LogP contribution in [0.4, 0.5) is 0 Å². The number of rotatable bonds is 12. The number of aliphatic hydroxyl groups is 2. The van der Waals surface area contributed by atoms with Gasteiger partial charge in [0.2, 0.25) is 0 Å². The average Bonchev–Trinajstić information content (AvgIpc) is 2.58. The van der Waals surface area contributed by atoms with Crippen molar-refractivity contribution in [2.45, 2.75) is 6.42 Å². The molecule has 0 aromatic rings. The first-order valence-electron chi connectivity index (χ1n) is 7.44. The van der Waals surface area contributed by atoms with Crippen molar-refractivity contribution >= 4 is 23.9 Å². The van der Waals surface area contributed by atoms with Gasteiger partial charge < -0.3 is 30.6 Å². The van der Waals surface area contributed by atoms with E-state index < -0.39 is 47.9 Å². The van der Waals surface area contributed by atoms with Gasteiger partial charge in [-0.25, -0.2) is 19.2 Å². The second-order valence-electron chi connectivity index (χ2n) is 5.41. The molecule has 0 amide bonds. The summed E-state index contributed by atoms with van der Waals surface area (Å²) in [7, 11) is 0. The van der Waals surface area contributed by atoms with Crippen molar-refractivity contribution < 1.29 is 49.8 Å². The lowest BCUT2D eigenvalue weighted by atomic mass is 9.61. The highest BCUT2D eigenvalue weighted by atomic mass is 16.4. The number of carbonyl (C=O) groups is 4. The molecule has 0 rings (SSSR count). The normalized spacial score (nSPS) is 16.7. The molecule has 0 bridgehead atoms. The van der Waals surface area contributed by atoms with E-state index >= 15 is 0 Å². The van der Waals surface area contributed by atoms with E-state index in [4.69, 9.17) is 20.4 Å². The molecule has 148 valence electrons. The van der Waals surface area contributed by atoms with E-state index in [1.165, 1.54) is 0 Å². The first-order chi connectivity index (χ1) is 12.5. The summed E-state index contributed by atoms with van der Waals surface area (Å²) in [6, 6.07) is 0. The van der Waals surface area contributed by atoms with Crippen LogP contribution in [0.1, 0.15) is 6.42 Å². The van der Waals surface area contributed by atoms with Gasteiger partial charge in [0, 0.05) is 41.7 Å². The van der Waals surface area contributed by atoms with E-state index in [1.54, 1.807) is 0 Å². The molecule has 0 aliphatic carbocycles. The fraction of sp³-hybridized carbons (Fsp3) is 0.294. The monoisotopic (exact) mass is 384 g/mol. The van der Waals surface area contributed by atoms with Crippen LogP contribution in [-0.4, -0.2) is 67.7 Å². The number of hydrogen-bond acceptors (Lipinski definition) is 6. The summed E-state index contributed by atoms with van der Waals surface area (Å²) in [5.74, 6) is -5.79. The van der Waals surface area contributed by atoms with Gasteiger partial charge in [-0.3, -0.25) is 0 Å². The molecule has 0 spiro atoms. The molecule has 0 saturated heterocycles. The second-order valence-corrected chi connectivity index (χ2v) is 5.41. The van der Waals surface area contributed by atoms with Gasteiger partial charge in [-0.05, 0) is 6.42 Å². The Kier molecular flexibility index (Phi) is 9.40. The SMILES string of the molecule is O=C(O)C=CC(C=CC(=O)O)(C=CC(=O)O)C(C=CC(=O)O)(CO)CCO. The third kappa shape index (κ3) is 7.26. The zero-order valence-electron chi connectivity index (χ0n) is 14.1. The van der Waals surface area contributed by atoms with Crippen LogP contribution in [0.5, 0.6) is 0 Å². The van der Waals surface area contributed by atoms with Crippen molar-refractivity contribution in [3.05, 3.63) is 48.6 Å². The molecule has 10 heteroatoms. The smallest absolute Gasteiger partial charge is 0.328 e. The first kappa shape index (κ1) is 23.8. The fourth-order valence-electron chi connectivity index (χ4n) is 2.44. The minimum Gasteiger partial charge on any atom is -0.478 e. The molecular weight excluding hydrogens is 364 g/mol. The molecule has 1 unspecified atom stereocenters. The van der Waals surface area contributed by atoms with Crippen molar-refractivity contribution in [2.75, 3.05) is 13.2 Å². The molecule has 6 N–H and O–H groups in total. The summed E-state index contributed by atoms with van der Waals surface area (Å²) in [6.07, 6.45) is 5.74. The Balaban J connectivity index is 6.96. The predicted octanol–water partition coefficient (Wildman–Crippen LogP) is -0.103. The van der Waals surface area contributed by atoms with Crippen molar-refractivity contribution in [2.24, 2.45) is 10.8 Å². The summed E-state index contributed by atoms with van der Waals surface area (Å²) in [5.41, 5.74) is -3.66. The first-order valence-corrected chi connectivity index (χ1v) is 7.44. The van der Waals surface area contributed by atoms with Gasteiger partial charge in [-0.2, -0.15) is 0 Å². The van der Waals surface area contributed by atoms with E-state index in [1.807, 2.05) is 0 Å². The number of carboxylic acids is 4. The topological polar surface area (TPSA) is 190 Å². The molecule has 27 heavy (non-hydrogen) atoms. The molecule has 0 aromatic heterocycles. The van der Waals surface area contributed by atoms with Crippen LogP contribution < -0.4 is 0 Å². The molecule has 0 heterocycles. The maximum absolute atomic E-state index is 11.0. The molecule has 1 atom stereocenters. The van der Waals surface area contributed by atoms with Crippen molar-refractivity contribution in [3.63, 3.8) is 0 Å². The molecule has 0 radical (unpaired) electrons. The summed E-state index contributed by atoms with van der Waals surface area (Å²) in [6.45, 7) is -1.47. The molecular formula is C17H20O10. The Morgan fingerprint density at radius 1 is 0.630 bits per heavy atom. The maximum atomic E-state index is 11.0. The van der Waals surface area contributed by atoms with Gasteiger partial charge in [0.15, 0.2) is 0 Å².